The van der Waals surface area contributed by atoms with Crippen LogP contribution in [0.4, 0.5) is 23.4 Å². The van der Waals surface area contributed by atoms with E-state index in [9.17, 15) is 23.2 Å². The molecule has 0 spiro atoms. The molecule has 0 bridgehead atoms. The second kappa shape index (κ2) is 8.89. The normalized spacial score (nSPS) is 18.1. The van der Waals surface area contributed by atoms with E-state index in [-0.39, 0.29) is 23.6 Å². The van der Waals surface area contributed by atoms with Crippen LogP contribution in [0.3, 0.4) is 0 Å². The van der Waals surface area contributed by atoms with Gasteiger partial charge >= 0.3 is 6.18 Å². The van der Waals surface area contributed by atoms with Gasteiger partial charge in [0.15, 0.2) is 0 Å². The molecule has 34 heavy (non-hydrogen) atoms. The van der Waals surface area contributed by atoms with Gasteiger partial charge in [0.2, 0.25) is 0 Å². The third kappa shape index (κ3) is 4.51. The van der Waals surface area contributed by atoms with E-state index in [2.05, 4.69) is 16.0 Å². The Labute approximate surface area is 193 Å². The average molecular weight is 471 g/mol. The van der Waals surface area contributed by atoms with Crippen LogP contribution in [-0.2, 0) is 12.7 Å². The van der Waals surface area contributed by atoms with Crippen LogP contribution in [0.5, 0.6) is 0 Å². The quantitative estimate of drug-likeness (QED) is 0.540. The SMILES string of the molecule is Cc1cc2cc(C(=O)N(Cc3ccc(C(F)(F)F)cn3)C3CCCC3C#N)c(F)cc2nc1N. The smallest absolute Gasteiger partial charge is 0.383 e. The number of hydrogen-bond donors (Lipinski definition) is 1. The molecular weight excluding hydrogens is 450 g/mol. The number of nitriles is 1. The maximum atomic E-state index is 15.0. The van der Waals surface area contributed by atoms with Gasteiger partial charge in [-0.05, 0) is 56.0 Å². The molecule has 2 unspecified atom stereocenters. The first-order valence-corrected chi connectivity index (χ1v) is 10.7. The standard InChI is InChI=1S/C24H21F4N5O/c1-13-7-15-8-18(19(25)9-20(15)32-22(13)30)23(34)33(21-4-2-3-14(21)10-29)12-17-6-5-16(11-31-17)24(26,27)28/h5-9,11,14,21H,2-4,12H2,1H3,(H2,30,32). The van der Waals surface area contributed by atoms with Gasteiger partial charge in [-0.25, -0.2) is 9.37 Å². The Morgan fingerprint density at radius 3 is 2.68 bits per heavy atom. The fourth-order valence-corrected chi connectivity index (χ4v) is 4.30. The minimum Gasteiger partial charge on any atom is -0.383 e. The lowest BCUT2D eigenvalue weighted by Crippen LogP contribution is -2.42. The van der Waals surface area contributed by atoms with E-state index in [0.29, 0.717) is 41.9 Å². The van der Waals surface area contributed by atoms with E-state index in [1.165, 1.54) is 17.0 Å². The summed E-state index contributed by atoms with van der Waals surface area (Å²) in [4.78, 5) is 22.9. The molecule has 2 aromatic heterocycles. The van der Waals surface area contributed by atoms with Crippen molar-refractivity contribution in [3.05, 3.63) is 64.7 Å². The number of carbonyl (C=O) groups is 1. The van der Waals surface area contributed by atoms with Crippen LogP contribution >= 0.6 is 0 Å². The predicted octanol–water partition coefficient (Wildman–Crippen LogP) is 5.01. The van der Waals surface area contributed by atoms with Crippen LogP contribution in [-0.4, -0.2) is 26.8 Å². The molecule has 2 N–H and O–H groups in total. The van der Waals surface area contributed by atoms with Crippen LogP contribution in [0, 0.1) is 30.0 Å². The molecule has 0 radical (unpaired) electrons. The van der Waals surface area contributed by atoms with Gasteiger partial charge in [0.05, 0.1) is 40.9 Å². The first kappa shape index (κ1) is 23.4. The summed E-state index contributed by atoms with van der Waals surface area (Å²) in [5.74, 6) is -1.68. The molecule has 3 aromatic rings. The van der Waals surface area contributed by atoms with Crippen LogP contribution in [0.15, 0.2) is 36.5 Å². The summed E-state index contributed by atoms with van der Waals surface area (Å²) >= 11 is 0. The number of fused-ring (bicyclic) bond motifs is 1. The van der Waals surface area contributed by atoms with E-state index in [1.807, 2.05) is 0 Å². The maximum absolute atomic E-state index is 15.0. The van der Waals surface area contributed by atoms with Gasteiger partial charge in [0, 0.05) is 23.7 Å². The Morgan fingerprint density at radius 1 is 1.26 bits per heavy atom. The van der Waals surface area contributed by atoms with Gasteiger partial charge < -0.3 is 10.6 Å². The molecule has 4 rings (SSSR count). The first-order valence-electron chi connectivity index (χ1n) is 10.7. The Hall–Kier alpha value is -3.74. The number of nitrogens with zero attached hydrogens (tertiary/aromatic N) is 4. The largest absolute Gasteiger partial charge is 0.417 e. The average Bonchev–Trinajstić information content (AvgIpc) is 3.26. The highest BCUT2D eigenvalue weighted by molar-refractivity contribution is 5.98. The molecule has 2 heterocycles. The lowest BCUT2D eigenvalue weighted by molar-refractivity contribution is -0.137. The molecule has 1 amide bonds. The lowest BCUT2D eigenvalue weighted by Gasteiger charge is -2.31. The number of nitrogens with two attached hydrogens (primary N) is 1. The van der Waals surface area contributed by atoms with Crippen molar-refractivity contribution in [3.8, 4) is 6.07 Å². The van der Waals surface area contributed by atoms with Gasteiger partial charge in [0.25, 0.3) is 5.91 Å². The van der Waals surface area contributed by atoms with Gasteiger partial charge in [-0.2, -0.15) is 18.4 Å². The highest BCUT2D eigenvalue weighted by Crippen LogP contribution is 2.33. The molecule has 1 aliphatic rings. The fraction of sp³-hybridized carbons (Fsp3) is 0.333. The molecule has 0 saturated heterocycles. The maximum Gasteiger partial charge on any atom is 0.417 e. The molecule has 10 heteroatoms. The Bertz CT molecular complexity index is 1280. The molecule has 1 saturated carbocycles. The van der Waals surface area contributed by atoms with Crippen molar-refractivity contribution in [1.82, 2.24) is 14.9 Å². The summed E-state index contributed by atoms with van der Waals surface area (Å²) in [6, 6.07) is 7.97. The molecule has 1 aromatic carbocycles. The third-order valence-corrected chi connectivity index (χ3v) is 6.15. The zero-order valence-corrected chi connectivity index (χ0v) is 18.2. The minimum absolute atomic E-state index is 0.156. The highest BCUT2D eigenvalue weighted by Gasteiger charge is 2.37. The monoisotopic (exact) mass is 471 g/mol. The molecule has 6 nitrogen and oxygen atoms in total. The van der Waals surface area contributed by atoms with Crippen molar-refractivity contribution in [2.75, 3.05) is 5.73 Å². The minimum atomic E-state index is -4.54. The number of carbonyl (C=O) groups excluding carboxylic acids is 1. The zero-order valence-electron chi connectivity index (χ0n) is 18.2. The number of alkyl halides is 3. The lowest BCUT2D eigenvalue weighted by atomic mass is 10.0. The third-order valence-electron chi connectivity index (χ3n) is 6.15. The van der Waals surface area contributed by atoms with Crippen molar-refractivity contribution >= 4 is 22.6 Å². The number of anilines is 1. The van der Waals surface area contributed by atoms with Crippen molar-refractivity contribution in [2.24, 2.45) is 5.92 Å². The van der Waals surface area contributed by atoms with E-state index < -0.39 is 35.4 Å². The number of benzene rings is 1. The highest BCUT2D eigenvalue weighted by atomic mass is 19.4. The fourth-order valence-electron chi connectivity index (χ4n) is 4.30. The van der Waals surface area contributed by atoms with E-state index >= 15 is 4.39 Å². The predicted molar refractivity (Wildman–Crippen MR) is 117 cm³/mol. The summed E-state index contributed by atoms with van der Waals surface area (Å²) in [7, 11) is 0. The van der Waals surface area contributed by atoms with E-state index in [1.54, 1.807) is 13.0 Å². The molecule has 0 aliphatic heterocycles. The van der Waals surface area contributed by atoms with Crippen molar-refractivity contribution in [1.29, 1.82) is 5.26 Å². The second-order valence-corrected chi connectivity index (χ2v) is 8.42. The van der Waals surface area contributed by atoms with Gasteiger partial charge in [-0.15, -0.1) is 0 Å². The van der Waals surface area contributed by atoms with Gasteiger partial charge in [0.1, 0.15) is 11.6 Å². The van der Waals surface area contributed by atoms with Crippen molar-refractivity contribution < 1.29 is 22.4 Å². The zero-order chi connectivity index (χ0) is 24.6. The van der Waals surface area contributed by atoms with Crippen LogP contribution in [0.1, 0.15) is 46.4 Å². The number of amides is 1. The van der Waals surface area contributed by atoms with Crippen LogP contribution in [0.25, 0.3) is 10.9 Å². The van der Waals surface area contributed by atoms with Crippen molar-refractivity contribution in [3.63, 3.8) is 0 Å². The summed E-state index contributed by atoms with van der Waals surface area (Å²) in [5, 5.41) is 10.1. The molecular formula is C24H21F4N5O. The summed E-state index contributed by atoms with van der Waals surface area (Å²) in [5.41, 5.74) is 5.85. The summed E-state index contributed by atoms with van der Waals surface area (Å²) < 4.78 is 53.7. The molecule has 1 fully saturated rings. The second-order valence-electron chi connectivity index (χ2n) is 8.42. The number of aromatic nitrogens is 2. The first-order chi connectivity index (χ1) is 16.1. The van der Waals surface area contributed by atoms with E-state index in [4.69, 9.17) is 5.73 Å². The van der Waals surface area contributed by atoms with Crippen LogP contribution in [0.2, 0.25) is 0 Å². The number of hydrogen-bond acceptors (Lipinski definition) is 5. The Balaban J connectivity index is 1.73. The Kier molecular flexibility index (Phi) is 6.13. The van der Waals surface area contributed by atoms with Crippen molar-refractivity contribution in [2.45, 2.75) is 44.9 Å². The summed E-state index contributed by atoms with van der Waals surface area (Å²) in [6.45, 7) is 1.58. The summed E-state index contributed by atoms with van der Waals surface area (Å²) in [6.07, 6.45) is -2.03. The Morgan fingerprint density at radius 2 is 2.03 bits per heavy atom. The number of halogens is 4. The topological polar surface area (TPSA) is 95.9 Å². The number of pyridine rings is 2. The number of rotatable bonds is 4. The van der Waals surface area contributed by atoms with Crippen LogP contribution < -0.4 is 5.73 Å². The van der Waals surface area contributed by atoms with Gasteiger partial charge in [-0.3, -0.25) is 9.78 Å². The van der Waals surface area contributed by atoms with E-state index in [0.717, 1.165) is 12.1 Å². The number of nitrogen functional groups attached to an aromatic ring is 1. The molecule has 2 atom stereocenters. The molecule has 176 valence electrons. The molecule has 1 aliphatic carbocycles. The number of aryl methyl sites for hydroxylation is 1. The van der Waals surface area contributed by atoms with Gasteiger partial charge in [-0.1, -0.05) is 0 Å².